The number of amides is 1. The fraction of sp³-hybridized carbons (Fsp3) is 0.435. The second-order valence-corrected chi connectivity index (χ2v) is 10.1. The third kappa shape index (κ3) is 4.89. The number of benzene rings is 1. The molecule has 1 aromatic heterocycles. The molecule has 0 bridgehead atoms. The number of thiophene rings is 1. The summed E-state index contributed by atoms with van der Waals surface area (Å²) in [6.45, 7) is 10.2. The first-order chi connectivity index (χ1) is 14.0. The summed E-state index contributed by atoms with van der Waals surface area (Å²) < 4.78 is 5.12. The van der Waals surface area contributed by atoms with Crippen molar-refractivity contribution in [2.75, 3.05) is 11.9 Å². The van der Waals surface area contributed by atoms with Crippen LogP contribution in [-0.2, 0) is 32.7 Å². The van der Waals surface area contributed by atoms with Crippen LogP contribution in [0, 0.1) is 18.3 Å². The summed E-state index contributed by atoms with van der Waals surface area (Å²) >= 11 is 1.43. The van der Waals surface area contributed by atoms with Gasteiger partial charge in [-0.1, -0.05) is 29.8 Å². The number of nitrogens with zero attached hydrogens (tertiary/aromatic N) is 1. The van der Waals surface area contributed by atoms with E-state index in [9.17, 15) is 14.9 Å². The quantitative estimate of drug-likeness (QED) is 0.719. The highest BCUT2D eigenvalue weighted by Crippen LogP contribution is 2.41. The zero-order valence-electron chi connectivity index (χ0n) is 18.1. The highest BCUT2D eigenvalue weighted by Gasteiger charge is 2.44. The number of hydrogen-bond acceptors (Lipinski definition) is 5. The summed E-state index contributed by atoms with van der Waals surface area (Å²) in [6.07, 6.45) is 0.871. The standard InChI is InChI=1S/C23H27N3O3S/c1-14-6-8-15(9-7-14)10-19(28)29-13-18(27)25-21-17(12-24)16-11-22(2,3)26-23(4,5)20(16)30-21/h6-9,26H,10-11,13H2,1-5H3,(H,25,27)/p+1. The number of aryl methyl sites for hydroxylation is 1. The minimum Gasteiger partial charge on any atom is -0.455 e. The minimum absolute atomic E-state index is 0.0318. The lowest BCUT2D eigenvalue weighted by molar-refractivity contribution is -0.789. The van der Waals surface area contributed by atoms with E-state index in [-0.39, 0.29) is 24.1 Å². The number of rotatable bonds is 5. The Balaban J connectivity index is 1.66. The molecule has 1 aliphatic heterocycles. The molecule has 158 valence electrons. The van der Waals surface area contributed by atoms with Crippen LogP contribution in [0.25, 0.3) is 0 Å². The van der Waals surface area contributed by atoms with E-state index in [1.54, 1.807) is 0 Å². The predicted octanol–water partition coefficient (Wildman–Crippen LogP) is 2.79. The predicted molar refractivity (Wildman–Crippen MR) is 116 cm³/mol. The molecule has 0 spiro atoms. The van der Waals surface area contributed by atoms with Gasteiger partial charge in [-0.2, -0.15) is 5.26 Å². The Hall–Kier alpha value is -2.69. The number of carbonyl (C=O) groups is 2. The fourth-order valence-corrected chi connectivity index (χ4v) is 5.40. The van der Waals surface area contributed by atoms with Crippen LogP contribution in [0.1, 0.15) is 54.8 Å². The smallest absolute Gasteiger partial charge is 0.310 e. The van der Waals surface area contributed by atoms with Crippen LogP contribution in [-0.4, -0.2) is 24.0 Å². The Morgan fingerprint density at radius 1 is 1.23 bits per heavy atom. The van der Waals surface area contributed by atoms with Crippen molar-refractivity contribution in [1.82, 2.24) is 0 Å². The molecule has 1 amide bonds. The summed E-state index contributed by atoms with van der Waals surface area (Å²) in [4.78, 5) is 25.5. The van der Waals surface area contributed by atoms with Crippen LogP contribution < -0.4 is 10.6 Å². The van der Waals surface area contributed by atoms with Crippen LogP contribution in [0.4, 0.5) is 5.00 Å². The maximum absolute atomic E-state index is 12.4. The number of fused-ring (bicyclic) bond motifs is 1. The number of esters is 1. The molecule has 0 saturated carbocycles. The van der Waals surface area contributed by atoms with E-state index in [2.05, 4.69) is 44.4 Å². The fourth-order valence-electron chi connectivity index (χ4n) is 4.14. The van der Waals surface area contributed by atoms with Gasteiger partial charge in [0, 0.05) is 6.42 Å². The molecule has 30 heavy (non-hydrogen) atoms. The topological polar surface area (TPSA) is 95.8 Å². The second-order valence-electron chi connectivity index (χ2n) is 9.13. The number of nitrogens with two attached hydrogens (primary N) is 1. The molecule has 2 heterocycles. The lowest BCUT2D eigenvalue weighted by Gasteiger charge is -2.38. The number of carbonyl (C=O) groups excluding carboxylic acids is 2. The summed E-state index contributed by atoms with van der Waals surface area (Å²) in [5.74, 6) is -0.902. The van der Waals surface area contributed by atoms with Crippen LogP contribution in [0.2, 0.25) is 0 Å². The van der Waals surface area contributed by atoms with E-state index < -0.39 is 11.9 Å². The molecule has 3 N–H and O–H groups in total. The molecule has 6 nitrogen and oxygen atoms in total. The van der Waals surface area contributed by atoms with Gasteiger partial charge in [-0.25, -0.2) is 0 Å². The SMILES string of the molecule is Cc1ccc(CC(=O)OCC(=O)Nc2sc3c(c2C#N)CC(C)(C)[NH2+]C3(C)C)cc1. The van der Waals surface area contributed by atoms with E-state index in [1.165, 1.54) is 11.3 Å². The van der Waals surface area contributed by atoms with E-state index in [4.69, 9.17) is 4.74 Å². The maximum atomic E-state index is 12.4. The van der Waals surface area contributed by atoms with Crippen molar-refractivity contribution >= 4 is 28.2 Å². The third-order valence-electron chi connectivity index (χ3n) is 5.17. The highest BCUT2D eigenvalue weighted by molar-refractivity contribution is 7.16. The van der Waals surface area contributed by atoms with Crippen LogP contribution in [0.15, 0.2) is 24.3 Å². The summed E-state index contributed by atoms with van der Waals surface area (Å²) in [7, 11) is 0. The van der Waals surface area contributed by atoms with E-state index in [0.717, 1.165) is 28.0 Å². The molecule has 1 aromatic carbocycles. The molecule has 3 rings (SSSR count). The van der Waals surface area contributed by atoms with Crippen molar-refractivity contribution < 1.29 is 19.6 Å². The van der Waals surface area contributed by atoms with Gasteiger partial charge in [0.25, 0.3) is 5.91 Å². The maximum Gasteiger partial charge on any atom is 0.310 e. The van der Waals surface area contributed by atoms with E-state index >= 15 is 0 Å². The van der Waals surface area contributed by atoms with Gasteiger partial charge in [0.2, 0.25) is 0 Å². The van der Waals surface area contributed by atoms with E-state index in [0.29, 0.717) is 10.6 Å². The molecule has 0 radical (unpaired) electrons. The molecule has 1 aliphatic rings. The van der Waals surface area contributed by atoms with Gasteiger partial charge in [-0.3, -0.25) is 9.59 Å². The van der Waals surface area contributed by atoms with Crippen molar-refractivity contribution in [1.29, 1.82) is 5.26 Å². The van der Waals surface area contributed by atoms with Crippen molar-refractivity contribution in [2.24, 2.45) is 0 Å². The number of hydrogen-bond donors (Lipinski definition) is 2. The first-order valence-corrected chi connectivity index (χ1v) is 10.8. The molecule has 0 saturated heterocycles. The monoisotopic (exact) mass is 426 g/mol. The summed E-state index contributed by atoms with van der Waals surface area (Å²) in [5, 5.41) is 15.3. The van der Waals surface area contributed by atoms with Crippen molar-refractivity contribution in [3.63, 3.8) is 0 Å². The molecule has 7 heteroatoms. The zero-order valence-corrected chi connectivity index (χ0v) is 18.9. The number of quaternary nitrogens is 1. The van der Waals surface area contributed by atoms with E-state index in [1.807, 2.05) is 31.2 Å². The highest BCUT2D eigenvalue weighted by atomic mass is 32.1. The Kier molecular flexibility index (Phi) is 6.02. The van der Waals surface area contributed by atoms with Gasteiger partial charge in [-0.05, 0) is 45.7 Å². The average Bonchev–Trinajstić information content (AvgIpc) is 2.98. The normalized spacial score (nSPS) is 16.3. The molecule has 0 aliphatic carbocycles. The summed E-state index contributed by atoms with van der Waals surface area (Å²) in [5.41, 5.74) is 3.26. The number of nitrogens with one attached hydrogen (secondary N) is 1. The summed E-state index contributed by atoms with van der Waals surface area (Å²) in [6, 6.07) is 9.85. The lowest BCUT2D eigenvalue weighted by Crippen LogP contribution is -3.03. The average molecular weight is 427 g/mol. The van der Waals surface area contributed by atoms with Crippen LogP contribution in [0.5, 0.6) is 0 Å². The zero-order chi connectivity index (χ0) is 22.1. The Labute approximate surface area is 181 Å². The van der Waals surface area contributed by atoms with Crippen molar-refractivity contribution in [3.8, 4) is 6.07 Å². The van der Waals surface area contributed by atoms with Crippen molar-refractivity contribution in [3.05, 3.63) is 51.4 Å². The van der Waals surface area contributed by atoms with Gasteiger partial charge >= 0.3 is 5.97 Å². The van der Waals surface area contributed by atoms with Gasteiger partial charge < -0.3 is 15.4 Å². The molecule has 2 aromatic rings. The molecule has 0 fully saturated rings. The molecule has 0 unspecified atom stereocenters. The number of ether oxygens (including phenoxy) is 1. The first-order valence-electron chi connectivity index (χ1n) is 9.95. The lowest BCUT2D eigenvalue weighted by atomic mass is 9.81. The number of nitriles is 1. The second kappa shape index (κ2) is 8.21. The Bertz CT molecular complexity index is 1010. The molecular weight excluding hydrogens is 398 g/mol. The van der Waals surface area contributed by atoms with Gasteiger partial charge in [0.1, 0.15) is 16.6 Å². The minimum atomic E-state index is -0.461. The Morgan fingerprint density at radius 2 is 1.90 bits per heavy atom. The Morgan fingerprint density at radius 3 is 2.53 bits per heavy atom. The molecule has 0 atom stereocenters. The van der Waals surface area contributed by atoms with Crippen LogP contribution >= 0.6 is 11.3 Å². The van der Waals surface area contributed by atoms with Crippen LogP contribution in [0.3, 0.4) is 0 Å². The number of anilines is 1. The van der Waals surface area contributed by atoms with Gasteiger partial charge in [0.15, 0.2) is 6.61 Å². The third-order valence-corrected chi connectivity index (χ3v) is 6.66. The molecular formula is C23H28N3O3S+. The van der Waals surface area contributed by atoms with Gasteiger partial charge in [-0.15, -0.1) is 11.3 Å². The van der Waals surface area contributed by atoms with Gasteiger partial charge in [0.05, 0.1) is 22.4 Å². The first kappa shape index (κ1) is 22.0. The largest absolute Gasteiger partial charge is 0.455 e. The van der Waals surface area contributed by atoms with Crippen molar-refractivity contribution in [2.45, 2.75) is 58.5 Å².